The van der Waals surface area contributed by atoms with Crippen LogP contribution in [0.25, 0.3) is 0 Å². The molecule has 1 aromatic rings. The normalized spacial score (nSPS) is 23.5. The van der Waals surface area contributed by atoms with E-state index in [1.807, 2.05) is 18.5 Å². The van der Waals surface area contributed by atoms with Crippen LogP contribution in [0, 0.1) is 11.3 Å². The summed E-state index contributed by atoms with van der Waals surface area (Å²) in [5, 5.41) is 0. The Labute approximate surface area is 131 Å². The highest BCUT2D eigenvalue weighted by Gasteiger charge is 2.33. The van der Waals surface area contributed by atoms with Crippen LogP contribution in [-0.2, 0) is 6.54 Å². The Bertz CT molecular complexity index is 405. The summed E-state index contributed by atoms with van der Waals surface area (Å²) in [5.41, 5.74) is 1.86. The van der Waals surface area contributed by atoms with Gasteiger partial charge >= 0.3 is 0 Å². The Morgan fingerprint density at radius 2 is 1.95 bits per heavy atom. The molecule has 0 bridgehead atoms. The molecular formula is C19H32N2. The van der Waals surface area contributed by atoms with Crippen molar-refractivity contribution in [2.75, 3.05) is 7.05 Å². The highest BCUT2D eigenvalue weighted by Crippen LogP contribution is 2.42. The van der Waals surface area contributed by atoms with Gasteiger partial charge in [-0.25, -0.2) is 0 Å². The van der Waals surface area contributed by atoms with E-state index in [0.29, 0.717) is 5.41 Å². The van der Waals surface area contributed by atoms with Crippen molar-refractivity contribution in [3.63, 3.8) is 0 Å². The first kappa shape index (κ1) is 16.5. The van der Waals surface area contributed by atoms with Gasteiger partial charge in [0.1, 0.15) is 0 Å². The first-order valence-electron chi connectivity index (χ1n) is 8.62. The minimum absolute atomic E-state index is 0.529. The summed E-state index contributed by atoms with van der Waals surface area (Å²) in [6, 6.07) is 4.96. The molecule has 2 nitrogen and oxygen atoms in total. The van der Waals surface area contributed by atoms with Crippen molar-refractivity contribution in [1.29, 1.82) is 0 Å². The van der Waals surface area contributed by atoms with Gasteiger partial charge in [-0.3, -0.25) is 9.88 Å². The van der Waals surface area contributed by atoms with E-state index in [1.165, 1.54) is 44.1 Å². The fourth-order valence-electron chi connectivity index (χ4n) is 4.06. The van der Waals surface area contributed by atoms with Gasteiger partial charge in [-0.15, -0.1) is 0 Å². The molecule has 2 heteroatoms. The molecule has 1 saturated carbocycles. The summed E-state index contributed by atoms with van der Waals surface area (Å²) in [5.74, 6) is 0.917. The molecule has 0 N–H and O–H groups in total. The Hall–Kier alpha value is -0.890. The number of aromatic nitrogens is 1. The summed E-state index contributed by atoms with van der Waals surface area (Å²) < 4.78 is 0. The molecule has 1 aliphatic rings. The average Bonchev–Trinajstić information content (AvgIpc) is 2.48. The van der Waals surface area contributed by atoms with E-state index < -0.39 is 0 Å². The van der Waals surface area contributed by atoms with Gasteiger partial charge in [0.15, 0.2) is 0 Å². The van der Waals surface area contributed by atoms with Gasteiger partial charge in [0.2, 0.25) is 0 Å². The van der Waals surface area contributed by atoms with Crippen LogP contribution < -0.4 is 0 Å². The smallest absolute Gasteiger partial charge is 0.0312 e. The maximum Gasteiger partial charge on any atom is 0.0312 e. The molecule has 1 heterocycles. The molecule has 1 fully saturated rings. The molecule has 0 atom stereocenters. The van der Waals surface area contributed by atoms with Gasteiger partial charge in [-0.1, -0.05) is 33.3 Å². The quantitative estimate of drug-likeness (QED) is 0.740. The minimum atomic E-state index is 0.529. The zero-order valence-electron chi connectivity index (χ0n) is 14.3. The van der Waals surface area contributed by atoms with Gasteiger partial charge < -0.3 is 0 Å². The third kappa shape index (κ3) is 4.54. The summed E-state index contributed by atoms with van der Waals surface area (Å²) in [6.07, 6.45) is 12.0. The molecule has 118 valence electrons. The maximum atomic E-state index is 4.22. The van der Waals surface area contributed by atoms with E-state index in [2.05, 4.69) is 43.8 Å². The van der Waals surface area contributed by atoms with Crippen molar-refractivity contribution >= 4 is 0 Å². The topological polar surface area (TPSA) is 16.1 Å². The van der Waals surface area contributed by atoms with E-state index in [1.54, 1.807) is 0 Å². The van der Waals surface area contributed by atoms with E-state index in [4.69, 9.17) is 0 Å². The molecule has 0 unspecified atom stereocenters. The molecule has 0 aliphatic heterocycles. The van der Waals surface area contributed by atoms with Crippen molar-refractivity contribution in [2.24, 2.45) is 11.3 Å². The first-order valence-corrected chi connectivity index (χ1v) is 8.62. The fraction of sp³-hybridized carbons (Fsp3) is 0.737. The van der Waals surface area contributed by atoms with Crippen LogP contribution >= 0.6 is 0 Å². The predicted molar refractivity (Wildman–Crippen MR) is 90.1 cm³/mol. The van der Waals surface area contributed by atoms with Crippen molar-refractivity contribution in [1.82, 2.24) is 9.88 Å². The highest BCUT2D eigenvalue weighted by atomic mass is 15.1. The molecule has 2 rings (SSSR count). The average molecular weight is 288 g/mol. The standard InChI is InChI=1S/C19H32N2/c1-5-12-19(2,3)17-8-10-18(11-9-17)21(4)15-16-7-6-13-20-14-16/h6-7,13-14,17-18H,5,8-12,15H2,1-4H3. The summed E-state index contributed by atoms with van der Waals surface area (Å²) in [4.78, 5) is 6.75. The number of rotatable bonds is 6. The SMILES string of the molecule is CCCC(C)(C)C1CCC(N(C)Cc2cccnc2)CC1. The molecule has 0 spiro atoms. The number of hydrogen-bond donors (Lipinski definition) is 0. The third-order valence-electron chi connectivity index (χ3n) is 5.47. The highest BCUT2D eigenvalue weighted by molar-refractivity contribution is 5.08. The van der Waals surface area contributed by atoms with Crippen LogP contribution in [0.3, 0.4) is 0 Å². The molecule has 0 radical (unpaired) electrons. The van der Waals surface area contributed by atoms with Crippen LogP contribution in [0.15, 0.2) is 24.5 Å². The number of nitrogens with zero attached hydrogens (tertiary/aromatic N) is 2. The fourth-order valence-corrected chi connectivity index (χ4v) is 4.06. The zero-order chi connectivity index (χ0) is 15.3. The monoisotopic (exact) mass is 288 g/mol. The van der Waals surface area contributed by atoms with Gasteiger partial charge in [-0.2, -0.15) is 0 Å². The third-order valence-corrected chi connectivity index (χ3v) is 5.47. The Morgan fingerprint density at radius 1 is 1.24 bits per heavy atom. The molecule has 1 aromatic heterocycles. The summed E-state index contributed by atoms with van der Waals surface area (Å²) in [7, 11) is 2.27. The molecule has 21 heavy (non-hydrogen) atoms. The molecule has 0 saturated heterocycles. The van der Waals surface area contributed by atoms with E-state index in [-0.39, 0.29) is 0 Å². The lowest BCUT2D eigenvalue weighted by Crippen LogP contribution is -2.37. The molecule has 0 aromatic carbocycles. The van der Waals surface area contributed by atoms with E-state index >= 15 is 0 Å². The zero-order valence-corrected chi connectivity index (χ0v) is 14.3. The largest absolute Gasteiger partial charge is 0.299 e. The Balaban J connectivity index is 1.83. The molecule has 1 aliphatic carbocycles. The Kier molecular flexibility index (Phi) is 5.80. The van der Waals surface area contributed by atoms with E-state index in [0.717, 1.165) is 18.5 Å². The molecule has 0 amide bonds. The maximum absolute atomic E-state index is 4.22. The summed E-state index contributed by atoms with van der Waals surface area (Å²) >= 11 is 0. The lowest BCUT2D eigenvalue weighted by Gasteiger charge is -2.41. The van der Waals surface area contributed by atoms with Gasteiger partial charge in [-0.05, 0) is 62.1 Å². The van der Waals surface area contributed by atoms with Crippen LogP contribution in [0.2, 0.25) is 0 Å². The van der Waals surface area contributed by atoms with Gasteiger partial charge in [0.05, 0.1) is 0 Å². The van der Waals surface area contributed by atoms with Crippen molar-refractivity contribution in [2.45, 2.75) is 71.9 Å². The summed E-state index contributed by atoms with van der Waals surface area (Å²) in [6.45, 7) is 8.29. The van der Waals surface area contributed by atoms with E-state index in [9.17, 15) is 0 Å². The molecular weight excluding hydrogens is 256 g/mol. The second-order valence-corrected chi connectivity index (χ2v) is 7.52. The number of hydrogen-bond acceptors (Lipinski definition) is 2. The predicted octanol–water partition coefficient (Wildman–Crippen LogP) is 4.90. The van der Waals surface area contributed by atoms with Crippen molar-refractivity contribution in [3.8, 4) is 0 Å². The first-order chi connectivity index (χ1) is 10.0. The second-order valence-electron chi connectivity index (χ2n) is 7.52. The number of pyridine rings is 1. The van der Waals surface area contributed by atoms with Crippen LogP contribution in [0.1, 0.15) is 64.9 Å². The van der Waals surface area contributed by atoms with Gasteiger partial charge in [0, 0.05) is 25.0 Å². The second kappa shape index (κ2) is 7.40. The van der Waals surface area contributed by atoms with Crippen molar-refractivity contribution < 1.29 is 0 Å². The lowest BCUT2D eigenvalue weighted by molar-refractivity contribution is 0.0913. The van der Waals surface area contributed by atoms with Crippen LogP contribution in [0.5, 0.6) is 0 Å². The Morgan fingerprint density at radius 3 is 2.52 bits per heavy atom. The minimum Gasteiger partial charge on any atom is -0.299 e. The van der Waals surface area contributed by atoms with Crippen LogP contribution in [-0.4, -0.2) is 23.0 Å². The van der Waals surface area contributed by atoms with Crippen molar-refractivity contribution in [3.05, 3.63) is 30.1 Å². The lowest BCUT2D eigenvalue weighted by atomic mass is 9.68. The van der Waals surface area contributed by atoms with Crippen LogP contribution in [0.4, 0.5) is 0 Å². The van der Waals surface area contributed by atoms with Gasteiger partial charge in [0.25, 0.3) is 0 Å².